The van der Waals surface area contributed by atoms with Crippen LogP contribution in [0.2, 0.25) is 0 Å². The van der Waals surface area contributed by atoms with E-state index in [-0.39, 0.29) is 17.0 Å². The van der Waals surface area contributed by atoms with Crippen molar-refractivity contribution in [3.05, 3.63) is 80.2 Å². The van der Waals surface area contributed by atoms with Crippen molar-refractivity contribution in [3.63, 3.8) is 0 Å². The molecule has 0 fully saturated rings. The fourth-order valence-electron chi connectivity index (χ4n) is 2.38. The smallest absolute Gasteiger partial charge is 0.360 e. The maximum atomic E-state index is 12.3. The summed E-state index contributed by atoms with van der Waals surface area (Å²) in [7, 11) is 0. The summed E-state index contributed by atoms with van der Waals surface area (Å²) in [5, 5.41) is 13.8. The van der Waals surface area contributed by atoms with Gasteiger partial charge in [-0.3, -0.25) is 14.9 Å². The standard InChI is InChI=1S/C17H12N2O5/c1-10-5-2-3-7-12(10)16(20)18-13-9-11-6-4-8-14(19(22)23)15(11)24-17(13)21/h2-9H,1H3,(H,18,20). The van der Waals surface area contributed by atoms with Gasteiger partial charge in [0.05, 0.1) is 4.92 Å². The first-order chi connectivity index (χ1) is 11.5. The number of benzene rings is 2. The Morgan fingerprint density at radius 3 is 2.62 bits per heavy atom. The molecule has 24 heavy (non-hydrogen) atoms. The van der Waals surface area contributed by atoms with E-state index in [9.17, 15) is 19.7 Å². The summed E-state index contributed by atoms with van der Waals surface area (Å²) in [4.78, 5) is 34.7. The van der Waals surface area contributed by atoms with E-state index in [4.69, 9.17) is 4.42 Å². The lowest BCUT2D eigenvalue weighted by Gasteiger charge is -2.07. The first kappa shape index (κ1) is 15.4. The molecule has 0 saturated carbocycles. The lowest BCUT2D eigenvalue weighted by molar-refractivity contribution is -0.383. The number of nitro groups is 1. The molecule has 0 aliphatic heterocycles. The Labute approximate surface area is 135 Å². The molecule has 1 N–H and O–H groups in total. The fourth-order valence-corrected chi connectivity index (χ4v) is 2.38. The number of amides is 1. The largest absolute Gasteiger partial charge is 0.414 e. The number of nitro benzene ring substituents is 1. The third kappa shape index (κ3) is 2.74. The van der Waals surface area contributed by atoms with Crippen molar-refractivity contribution >= 4 is 28.3 Å². The van der Waals surface area contributed by atoms with Crippen molar-refractivity contribution in [3.8, 4) is 0 Å². The number of aryl methyl sites for hydroxylation is 1. The van der Waals surface area contributed by atoms with E-state index in [0.717, 1.165) is 5.56 Å². The van der Waals surface area contributed by atoms with Gasteiger partial charge in [-0.1, -0.05) is 30.3 Å². The molecule has 3 rings (SSSR count). The monoisotopic (exact) mass is 324 g/mol. The SMILES string of the molecule is Cc1ccccc1C(=O)Nc1cc2cccc([N+](=O)[O-])c2oc1=O. The van der Waals surface area contributed by atoms with E-state index in [0.29, 0.717) is 10.9 Å². The highest BCUT2D eigenvalue weighted by atomic mass is 16.6. The zero-order valence-electron chi connectivity index (χ0n) is 12.6. The van der Waals surface area contributed by atoms with Crippen molar-refractivity contribution in [2.24, 2.45) is 0 Å². The van der Waals surface area contributed by atoms with Crippen LogP contribution in [-0.4, -0.2) is 10.8 Å². The number of rotatable bonds is 3. The maximum Gasteiger partial charge on any atom is 0.360 e. The lowest BCUT2D eigenvalue weighted by Crippen LogP contribution is -2.18. The number of fused-ring (bicyclic) bond motifs is 1. The number of hydrogen-bond donors (Lipinski definition) is 1. The molecule has 0 radical (unpaired) electrons. The molecule has 7 nitrogen and oxygen atoms in total. The molecule has 0 unspecified atom stereocenters. The van der Waals surface area contributed by atoms with E-state index in [1.807, 2.05) is 0 Å². The van der Waals surface area contributed by atoms with Gasteiger partial charge in [-0.25, -0.2) is 4.79 Å². The third-order valence-electron chi connectivity index (χ3n) is 3.57. The second-order valence-electron chi connectivity index (χ2n) is 5.17. The van der Waals surface area contributed by atoms with E-state index in [2.05, 4.69) is 5.32 Å². The Morgan fingerprint density at radius 1 is 1.17 bits per heavy atom. The van der Waals surface area contributed by atoms with Crippen LogP contribution in [0.25, 0.3) is 11.0 Å². The van der Waals surface area contributed by atoms with Gasteiger partial charge in [0.15, 0.2) is 0 Å². The second-order valence-corrected chi connectivity index (χ2v) is 5.17. The third-order valence-corrected chi connectivity index (χ3v) is 3.57. The molecule has 0 atom stereocenters. The van der Waals surface area contributed by atoms with Crippen LogP contribution < -0.4 is 10.9 Å². The van der Waals surface area contributed by atoms with Crippen molar-refractivity contribution in [1.82, 2.24) is 0 Å². The topological polar surface area (TPSA) is 102 Å². The highest BCUT2D eigenvalue weighted by molar-refractivity contribution is 6.05. The van der Waals surface area contributed by atoms with Crippen LogP contribution in [0.1, 0.15) is 15.9 Å². The number of carbonyl (C=O) groups is 1. The molecule has 0 aliphatic carbocycles. The summed E-state index contributed by atoms with van der Waals surface area (Å²) < 4.78 is 5.04. The van der Waals surface area contributed by atoms with Crippen LogP contribution in [0.4, 0.5) is 11.4 Å². The molecule has 1 heterocycles. The van der Waals surface area contributed by atoms with Crippen molar-refractivity contribution in [2.45, 2.75) is 6.92 Å². The van der Waals surface area contributed by atoms with Gasteiger partial charge in [-0.2, -0.15) is 0 Å². The van der Waals surface area contributed by atoms with E-state index in [1.165, 1.54) is 18.2 Å². The average molecular weight is 324 g/mol. The van der Waals surface area contributed by atoms with E-state index < -0.39 is 16.5 Å². The maximum absolute atomic E-state index is 12.3. The van der Waals surface area contributed by atoms with Gasteiger partial charge < -0.3 is 9.73 Å². The molecular formula is C17H12N2O5. The van der Waals surface area contributed by atoms with Crippen molar-refractivity contribution in [1.29, 1.82) is 0 Å². The summed E-state index contributed by atoms with van der Waals surface area (Å²) in [6, 6.07) is 12.6. The second kappa shape index (κ2) is 5.96. The fraction of sp³-hybridized carbons (Fsp3) is 0.0588. The summed E-state index contributed by atoms with van der Waals surface area (Å²) in [6.07, 6.45) is 0. The average Bonchev–Trinajstić information content (AvgIpc) is 2.55. The summed E-state index contributed by atoms with van der Waals surface area (Å²) in [6.45, 7) is 1.78. The normalized spacial score (nSPS) is 10.5. The molecule has 1 amide bonds. The minimum atomic E-state index is -0.848. The molecule has 1 aromatic heterocycles. The van der Waals surface area contributed by atoms with Gasteiger partial charge in [-0.05, 0) is 24.6 Å². The van der Waals surface area contributed by atoms with Gasteiger partial charge in [-0.15, -0.1) is 0 Å². The number of nitrogens with one attached hydrogen (secondary N) is 1. The van der Waals surface area contributed by atoms with Gasteiger partial charge >= 0.3 is 11.3 Å². The minimum Gasteiger partial charge on any atom is -0.414 e. The van der Waals surface area contributed by atoms with Gasteiger partial charge in [0.1, 0.15) is 5.69 Å². The molecule has 3 aromatic rings. The Kier molecular flexibility index (Phi) is 3.83. The Morgan fingerprint density at radius 2 is 1.92 bits per heavy atom. The van der Waals surface area contributed by atoms with Gasteiger partial charge in [0.25, 0.3) is 5.91 Å². The highest BCUT2D eigenvalue weighted by Gasteiger charge is 2.17. The Balaban J connectivity index is 2.04. The molecule has 0 saturated heterocycles. The number of nitrogens with zero attached hydrogens (tertiary/aromatic N) is 1. The number of non-ortho nitro benzene ring substituents is 1. The Hall–Kier alpha value is -3.48. The number of carbonyl (C=O) groups excluding carboxylic acids is 1. The summed E-state index contributed by atoms with van der Waals surface area (Å²) in [5.74, 6) is -0.454. The zero-order chi connectivity index (χ0) is 17.3. The zero-order valence-corrected chi connectivity index (χ0v) is 12.6. The number of para-hydroxylation sites is 1. The molecule has 2 aromatic carbocycles. The highest BCUT2D eigenvalue weighted by Crippen LogP contribution is 2.25. The van der Waals surface area contributed by atoms with E-state index >= 15 is 0 Å². The van der Waals surface area contributed by atoms with Crippen LogP contribution in [0.15, 0.2) is 57.7 Å². The quantitative estimate of drug-likeness (QED) is 0.452. The molecule has 0 aliphatic rings. The molecule has 120 valence electrons. The molecule has 0 bridgehead atoms. The summed E-state index contributed by atoms with van der Waals surface area (Å²) in [5.41, 5.74) is -0.162. The van der Waals surface area contributed by atoms with Crippen molar-refractivity contribution < 1.29 is 14.1 Å². The van der Waals surface area contributed by atoms with E-state index in [1.54, 1.807) is 37.3 Å². The number of hydrogen-bond acceptors (Lipinski definition) is 5. The predicted molar refractivity (Wildman–Crippen MR) is 88.3 cm³/mol. The molecular weight excluding hydrogens is 312 g/mol. The summed E-state index contributed by atoms with van der Waals surface area (Å²) >= 11 is 0. The van der Waals surface area contributed by atoms with Crippen LogP contribution in [0.5, 0.6) is 0 Å². The molecule has 0 spiro atoms. The van der Waals surface area contributed by atoms with Crippen LogP contribution in [0, 0.1) is 17.0 Å². The molecule has 7 heteroatoms. The first-order valence-corrected chi connectivity index (χ1v) is 7.05. The minimum absolute atomic E-state index is 0.0729. The van der Waals surface area contributed by atoms with Crippen LogP contribution in [0.3, 0.4) is 0 Å². The predicted octanol–water partition coefficient (Wildman–Crippen LogP) is 3.26. The van der Waals surface area contributed by atoms with Gasteiger partial charge in [0.2, 0.25) is 5.58 Å². The first-order valence-electron chi connectivity index (χ1n) is 7.05. The Bertz CT molecular complexity index is 1020. The van der Waals surface area contributed by atoms with Crippen LogP contribution >= 0.6 is 0 Å². The number of anilines is 1. The lowest BCUT2D eigenvalue weighted by atomic mass is 10.1. The van der Waals surface area contributed by atoms with Crippen LogP contribution in [-0.2, 0) is 0 Å². The van der Waals surface area contributed by atoms with Crippen molar-refractivity contribution in [2.75, 3.05) is 5.32 Å². The van der Waals surface area contributed by atoms with Gasteiger partial charge in [0, 0.05) is 17.0 Å².